The van der Waals surface area contributed by atoms with Crippen molar-refractivity contribution in [1.82, 2.24) is 4.31 Å². The van der Waals surface area contributed by atoms with Gasteiger partial charge in [0.15, 0.2) is 0 Å². The molecule has 4 nitrogen and oxygen atoms in total. The number of nitrogens with zero attached hydrogens (tertiary/aromatic N) is 1. The number of rotatable bonds is 2. The van der Waals surface area contributed by atoms with Crippen molar-refractivity contribution in [3.63, 3.8) is 0 Å². The second kappa shape index (κ2) is 3.59. The van der Waals surface area contributed by atoms with Gasteiger partial charge in [-0.1, -0.05) is 12.1 Å². The zero-order chi connectivity index (χ0) is 10.9. The third-order valence-corrected chi connectivity index (χ3v) is 3.92. The van der Waals surface area contributed by atoms with E-state index in [1.165, 1.54) is 20.2 Å². The highest BCUT2D eigenvalue weighted by Crippen LogP contribution is 2.23. The van der Waals surface area contributed by atoms with E-state index in [0.717, 1.165) is 9.87 Å². The summed E-state index contributed by atoms with van der Waals surface area (Å²) in [4.78, 5) is 0.169. The molecular weight excluding hydrogens is 200 g/mol. The van der Waals surface area contributed by atoms with Gasteiger partial charge in [-0.2, -0.15) is 0 Å². The van der Waals surface area contributed by atoms with Gasteiger partial charge in [0.2, 0.25) is 10.0 Å². The summed E-state index contributed by atoms with van der Waals surface area (Å²) in [6.45, 7) is 1.78. The van der Waals surface area contributed by atoms with Gasteiger partial charge in [-0.3, -0.25) is 0 Å². The normalized spacial score (nSPS) is 12.0. The number of nitrogens with two attached hydrogens (primary N) is 1. The van der Waals surface area contributed by atoms with Gasteiger partial charge in [0.1, 0.15) is 4.90 Å². The Morgan fingerprint density at radius 2 is 1.86 bits per heavy atom. The molecule has 0 saturated heterocycles. The molecule has 0 aliphatic carbocycles. The van der Waals surface area contributed by atoms with Crippen molar-refractivity contribution in [2.45, 2.75) is 11.8 Å². The highest BCUT2D eigenvalue weighted by atomic mass is 32.2. The molecule has 0 aliphatic heterocycles. The van der Waals surface area contributed by atoms with Crippen molar-refractivity contribution in [3.05, 3.63) is 23.8 Å². The standard InChI is InChI=1S/C9H14N2O2S/c1-7-5-4-6-8(9(7)10)14(12,13)11(2)3/h4-6H,10H2,1-3H3. The quantitative estimate of drug-likeness (QED) is 0.742. The summed E-state index contributed by atoms with van der Waals surface area (Å²) in [5.74, 6) is 0. The Bertz CT molecular complexity index is 438. The lowest BCUT2D eigenvalue weighted by Gasteiger charge is -2.14. The molecule has 0 saturated carbocycles. The lowest BCUT2D eigenvalue weighted by molar-refractivity contribution is 0.521. The van der Waals surface area contributed by atoms with Crippen molar-refractivity contribution < 1.29 is 8.42 Å². The molecule has 1 aromatic rings. The smallest absolute Gasteiger partial charge is 0.244 e. The summed E-state index contributed by atoms with van der Waals surface area (Å²) in [7, 11) is -0.455. The first-order valence-electron chi connectivity index (χ1n) is 4.15. The topological polar surface area (TPSA) is 63.4 Å². The second-order valence-electron chi connectivity index (χ2n) is 3.27. The zero-order valence-corrected chi connectivity index (χ0v) is 9.30. The van der Waals surface area contributed by atoms with Crippen LogP contribution in [0.4, 0.5) is 5.69 Å². The number of nitrogen functional groups attached to an aromatic ring is 1. The fraction of sp³-hybridized carbons (Fsp3) is 0.333. The molecule has 0 bridgehead atoms. The van der Waals surface area contributed by atoms with Crippen molar-refractivity contribution in [1.29, 1.82) is 0 Å². The van der Waals surface area contributed by atoms with Crippen LogP contribution >= 0.6 is 0 Å². The Labute approximate surface area is 84.4 Å². The number of hydrogen-bond acceptors (Lipinski definition) is 3. The van der Waals surface area contributed by atoms with E-state index in [9.17, 15) is 8.42 Å². The van der Waals surface area contributed by atoms with Crippen LogP contribution in [0.2, 0.25) is 0 Å². The van der Waals surface area contributed by atoms with Gasteiger partial charge in [-0.25, -0.2) is 12.7 Å². The summed E-state index contributed by atoms with van der Waals surface area (Å²) < 4.78 is 24.7. The van der Waals surface area contributed by atoms with Gasteiger partial charge in [0, 0.05) is 14.1 Å². The molecule has 0 radical (unpaired) electrons. The Balaban J connectivity index is 3.42. The number of aryl methyl sites for hydroxylation is 1. The van der Waals surface area contributed by atoms with Gasteiger partial charge >= 0.3 is 0 Å². The fourth-order valence-electron chi connectivity index (χ4n) is 1.08. The first-order valence-corrected chi connectivity index (χ1v) is 5.59. The Morgan fingerprint density at radius 1 is 1.29 bits per heavy atom. The Kier molecular flexibility index (Phi) is 2.82. The highest BCUT2D eigenvalue weighted by Gasteiger charge is 2.20. The molecule has 1 aromatic carbocycles. The molecule has 0 unspecified atom stereocenters. The van der Waals surface area contributed by atoms with Crippen LogP contribution in [0.15, 0.2) is 23.1 Å². The summed E-state index contributed by atoms with van der Waals surface area (Å²) in [6, 6.07) is 4.98. The van der Waals surface area contributed by atoms with Gasteiger partial charge in [0.05, 0.1) is 5.69 Å². The summed E-state index contributed by atoms with van der Waals surface area (Å²) >= 11 is 0. The van der Waals surface area contributed by atoms with Crippen LogP contribution < -0.4 is 5.73 Å². The van der Waals surface area contributed by atoms with Crippen molar-refractivity contribution >= 4 is 15.7 Å². The Morgan fingerprint density at radius 3 is 2.36 bits per heavy atom. The van der Waals surface area contributed by atoms with E-state index in [-0.39, 0.29) is 4.90 Å². The molecule has 0 aromatic heterocycles. The predicted molar refractivity (Wildman–Crippen MR) is 56.5 cm³/mol. The minimum Gasteiger partial charge on any atom is -0.397 e. The summed E-state index contributed by atoms with van der Waals surface area (Å²) in [6.07, 6.45) is 0. The van der Waals surface area contributed by atoms with Crippen LogP contribution in [-0.4, -0.2) is 26.8 Å². The lowest BCUT2D eigenvalue weighted by atomic mass is 10.2. The van der Waals surface area contributed by atoms with Crippen LogP contribution in [0, 0.1) is 6.92 Å². The third kappa shape index (κ3) is 1.73. The first-order chi connectivity index (χ1) is 6.37. The molecule has 0 spiro atoms. The molecule has 0 fully saturated rings. The molecule has 0 atom stereocenters. The van der Waals surface area contributed by atoms with E-state index < -0.39 is 10.0 Å². The minimum atomic E-state index is -3.42. The minimum absolute atomic E-state index is 0.169. The number of para-hydroxylation sites is 1. The third-order valence-electron chi connectivity index (χ3n) is 2.04. The monoisotopic (exact) mass is 214 g/mol. The molecule has 14 heavy (non-hydrogen) atoms. The molecule has 0 heterocycles. The predicted octanol–water partition coefficient (Wildman–Crippen LogP) is 0.828. The van der Waals surface area contributed by atoms with E-state index in [0.29, 0.717) is 5.69 Å². The maximum atomic E-state index is 11.8. The van der Waals surface area contributed by atoms with Crippen LogP contribution in [-0.2, 0) is 10.0 Å². The lowest BCUT2D eigenvalue weighted by Crippen LogP contribution is -2.23. The van der Waals surface area contributed by atoms with Crippen molar-refractivity contribution in [2.24, 2.45) is 0 Å². The van der Waals surface area contributed by atoms with Crippen LogP contribution in [0.3, 0.4) is 0 Å². The van der Waals surface area contributed by atoms with Gasteiger partial charge in [-0.15, -0.1) is 0 Å². The van der Waals surface area contributed by atoms with Gasteiger partial charge in [-0.05, 0) is 18.6 Å². The molecule has 1 rings (SSSR count). The zero-order valence-electron chi connectivity index (χ0n) is 8.48. The fourth-order valence-corrected chi connectivity index (χ4v) is 2.16. The van der Waals surface area contributed by atoms with E-state index in [1.54, 1.807) is 19.1 Å². The number of sulfonamides is 1. The number of hydrogen-bond donors (Lipinski definition) is 1. The van der Waals surface area contributed by atoms with E-state index in [1.807, 2.05) is 0 Å². The highest BCUT2D eigenvalue weighted by molar-refractivity contribution is 7.89. The van der Waals surface area contributed by atoms with Crippen LogP contribution in [0.1, 0.15) is 5.56 Å². The second-order valence-corrected chi connectivity index (χ2v) is 5.39. The van der Waals surface area contributed by atoms with Crippen molar-refractivity contribution in [3.8, 4) is 0 Å². The molecule has 0 amide bonds. The van der Waals surface area contributed by atoms with Crippen LogP contribution in [0.5, 0.6) is 0 Å². The van der Waals surface area contributed by atoms with E-state index in [2.05, 4.69) is 0 Å². The molecule has 78 valence electrons. The SMILES string of the molecule is Cc1cccc(S(=O)(=O)N(C)C)c1N. The first kappa shape index (κ1) is 11.0. The number of anilines is 1. The summed E-state index contributed by atoms with van der Waals surface area (Å²) in [5, 5.41) is 0. The van der Waals surface area contributed by atoms with E-state index >= 15 is 0 Å². The maximum Gasteiger partial charge on any atom is 0.244 e. The van der Waals surface area contributed by atoms with Gasteiger partial charge < -0.3 is 5.73 Å². The molecule has 2 N–H and O–H groups in total. The number of benzene rings is 1. The maximum absolute atomic E-state index is 11.8. The molecule has 0 aliphatic rings. The van der Waals surface area contributed by atoms with Gasteiger partial charge in [0.25, 0.3) is 0 Å². The van der Waals surface area contributed by atoms with Crippen molar-refractivity contribution in [2.75, 3.05) is 19.8 Å². The average Bonchev–Trinajstić information content (AvgIpc) is 2.09. The van der Waals surface area contributed by atoms with E-state index in [4.69, 9.17) is 5.73 Å². The molecule has 5 heteroatoms. The Hall–Kier alpha value is -1.07. The summed E-state index contributed by atoms with van der Waals surface area (Å²) in [5.41, 5.74) is 6.79. The largest absolute Gasteiger partial charge is 0.397 e. The molecular formula is C9H14N2O2S. The van der Waals surface area contributed by atoms with Crippen LogP contribution in [0.25, 0.3) is 0 Å². The average molecular weight is 214 g/mol.